The second-order valence-corrected chi connectivity index (χ2v) is 6.12. The molecular formula is C15H20ClN3O2. The maximum Gasteiger partial charge on any atom is 0.339 e. The first-order valence-corrected chi connectivity index (χ1v) is 7.30. The van der Waals surface area contributed by atoms with Crippen LogP contribution in [0.25, 0.3) is 11.0 Å². The van der Waals surface area contributed by atoms with Crippen molar-refractivity contribution in [3.8, 4) is 0 Å². The molecule has 2 N–H and O–H groups in total. The Morgan fingerprint density at radius 2 is 2.19 bits per heavy atom. The number of aromatic nitrogens is 2. The van der Waals surface area contributed by atoms with Crippen LogP contribution >= 0.6 is 11.6 Å². The van der Waals surface area contributed by atoms with Crippen LogP contribution in [0.1, 0.15) is 37.6 Å². The molecule has 0 spiro atoms. The number of halogens is 1. The van der Waals surface area contributed by atoms with Crippen molar-refractivity contribution in [2.24, 2.45) is 5.73 Å². The van der Waals surface area contributed by atoms with Crippen LogP contribution in [0.5, 0.6) is 0 Å². The number of hydrogen-bond acceptors (Lipinski definition) is 4. The number of benzene rings is 1. The summed E-state index contributed by atoms with van der Waals surface area (Å²) >= 11 is 6.19. The molecule has 0 aliphatic rings. The van der Waals surface area contributed by atoms with Gasteiger partial charge in [-0.05, 0) is 39.3 Å². The van der Waals surface area contributed by atoms with E-state index in [0.29, 0.717) is 17.2 Å². The molecule has 1 aromatic carbocycles. The molecule has 114 valence electrons. The van der Waals surface area contributed by atoms with E-state index in [1.807, 2.05) is 18.4 Å². The van der Waals surface area contributed by atoms with E-state index in [9.17, 15) is 4.79 Å². The predicted molar refractivity (Wildman–Crippen MR) is 83.6 cm³/mol. The summed E-state index contributed by atoms with van der Waals surface area (Å²) in [5.74, 6) is -0.429. The minimum absolute atomic E-state index is 0.245. The fraction of sp³-hybridized carbons (Fsp3) is 0.467. The average Bonchev–Trinajstić information content (AvgIpc) is 2.77. The molecule has 0 saturated heterocycles. The molecule has 5 nitrogen and oxygen atoms in total. The molecule has 21 heavy (non-hydrogen) atoms. The number of esters is 1. The van der Waals surface area contributed by atoms with Gasteiger partial charge in [-0.3, -0.25) is 0 Å². The SMILES string of the molecule is CCOC(=O)c1cc2ncn(CCC(C)(C)N)c2cc1Cl. The van der Waals surface area contributed by atoms with E-state index in [4.69, 9.17) is 22.1 Å². The van der Waals surface area contributed by atoms with Crippen molar-refractivity contribution >= 4 is 28.6 Å². The summed E-state index contributed by atoms with van der Waals surface area (Å²) in [5, 5.41) is 0.370. The Labute approximate surface area is 129 Å². The molecule has 6 heteroatoms. The van der Waals surface area contributed by atoms with Crippen LogP contribution in [0.4, 0.5) is 0 Å². The number of carbonyl (C=O) groups excluding carboxylic acids is 1. The number of nitrogens with zero attached hydrogens (tertiary/aromatic N) is 2. The van der Waals surface area contributed by atoms with Crippen LogP contribution in [-0.4, -0.2) is 27.7 Å². The maximum atomic E-state index is 11.8. The van der Waals surface area contributed by atoms with E-state index >= 15 is 0 Å². The zero-order valence-corrected chi connectivity index (χ0v) is 13.3. The Morgan fingerprint density at radius 3 is 2.81 bits per heavy atom. The summed E-state index contributed by atoms with van der Waals surface area (Å²) in [6.07, 6.45) is 2.55. The van der Waals surface area contributed by atoms with Gasteiger partial charge in [-0.2, -0.15) is 0 Å². The van der Waals surface area contributed by atoms with Crippen molar-refractivity contribution in [2.75, 3.05) is 6.61 Å². The number of hydrogen-bond donors (Lipinski definition) is 1. The van der Waals surface area contributed by atoms with Crippen molar-refractivity contribution in [3.05, 3.63) is 29.0 Å². The van der Waals surface area contributed by atoms with Gasteiger partial charge in [-0.1, -0.05) is 11.6 Å². The third kappa shape index (κ3) is 3.74. The highest BCUT2D eigenvalue weighted by molar-refractivity contribution is 6.34. The molecular weight excluding hydrogens is 290 g/mol. The Kier molecular flexibility index (Phi) is 4.54. The smallest absolute Gasteiger partial charge is 0.339 e. The van der Waals surface area contributed by atoms with Gasteiger partial charge in [0.05, 0.1) is 34.6 Å². The molecule has 0 fully saturated rings. The number of ether oxygens (including phenoxy) is 1. The highest BCUT2D eigenvalue weighted by atomic mass is 35.5. The van der Waals surface area contributed by atoms with Gasteiger partial charge in [0.1, 0.15) is 0 Å². The molecule has 0 aliphatic heterocycles. The lowest BCUT2D eigenvalue weighted by Gasteiger charge is -2.18. The number of fused-ring (bicyclic) bond motifs is 1. The minimum atomic E-state index is -0.429. The van der Waals surface area contributed by atoms with Crippen molar-refractivity contribution < 1.29 is 9.53 Å². The lowest BCUT2D eigenvalue weighted by molar-refractivity contribution is 0.0526. The lowest BCUT2D eigenvalue weighted by atomic mass is 10.0. The first-order chi connectivity index (χ1) is 9.81. The van der Waals surface area contributed by atoms with E-state index in [2.05, 4.69) is 4.98 Å². The molecule has 0 radical (unpaired) electrons. The van der Waals surface area contributed by atoms with E-state index in [0.717, 1.165) is 24.0 Å². The van der Waals surface area contributed by atoms with Crippen LogP contribution < -0.4 is 5.73 Å². The summed E-state index contributed by atoms with van der Waals surface area (Å²) in [6.45, 7) is 6.78. The quantitative estimate of drug-likeness (QED) is 0.862. The molecule has 2 aromatic rings. The lowest BCUT2D eigenvalue weighted by Crippen LogP contribution is -2.33. The number of imidazole rings is 1. The van der Waals surface area contributed by atoms with Gasteiger partial charge < -0.3 is 15.0 Å². The van der Waals surface area contributed by atoms with Gasteiger partial charge in [0.25, 0.3) is 0 Å². The predicted octanol–water partition coefficient (Wildman–Crippen LogP) is 2.99. The number of carbonyl (C=O) groups is 1. The van der Waals surface area contributed by atoms with Gasteiger partial charge >= 0.3 is 5.97 Å². The molecule has 0 aliphatic carbocycles. The molecule has 0 atom stereocenters. The van der Waals surface area contributed by atoms with Gasteiger partial charge in [-0.15, -0.1) is 0 Å². The Hall–Kier alpha value is -1.59. The van der Waals surface area contributed by atoms with Gasteiger partial charge in [-0.25, -0.2) is 9.78 Å². The van der Waals surface area contributed by atoms with Gasteiger partial charge in [0.15, 0.2) is 0 Å². The number of aryl methyl sites for hydroxylation is 1. The van der Waals surface area contributed by atoms with Gasteiger partial charge in [0.2, 0.25) is 0 Å². The fourth-order valence-corrected chi connectivity index (χ4v) is 2.27. The van der Waals surface area contributed by atoms with Crippen LogP contribution in [0.2, 0.25) is 5.02 Å². The zero-order valence-electron chi connectivity index (χ0n) is 12.5. The number of rotatable bonds is 5. The third-order valence-electron chi connectivity index (χ3n) is 3.20. The normalized spacial score (nSPS) is 11.9. The van der Waals surface area contributed by atoms with E-state index in [1.165, 1.54) is 0 Å². The van der Waals surface area contributed by atoms with E-state index in [-0.39, 0.29) is 5.54 Å². The third-order valence-corrected chi connectivity index (χ3v) is 3.51. The summed E-state index contributed by atoms with van der Waals surface area (Å²) in [6, 6.07) is 3.42. The largest absolute Gasteiger partial charge is 0.462 e. The molecule has 0 unspecified atom stereocenters. The second kappa shape index (κ2) is 6.03. The topological polar surface area (TPSA) is 70.1 Å². The summed E-state index contributed by atoms with van der Waals surface area (Å²) in [4.78, 5) is 16.1. The summed E-state index contributed by atoms with van der Waals surface area (Å²) in [5.41, 5.74) is 7.71. The maximum absolute atomic E-state index is 11.8. The highest BCUT2D eigenvalue weighted by Gasteiger charge is 2.16. The van der Waals surface area contributed by atoms with Crippen LogP contribution in [0.3, 0.4) is 0 Å². The Morgan fingerprint density at radius 1 is 1.48 bits per heavy atom. The highest BCUT2D eigenvalue weighted by Crippen LogP contribution is 2.25. The van der Waals surface area contributed by atoms with Crippen molar-refractivity contribution in [1.29, 1.82) is 0 Å². The summed E-state index contributed by atoms with van der Waals surface area (Å²) in [7, 11) is 0. The van der Waals surface area contributed by atoms with Crippen LogP contribution in [0.15, 0.2) is 18.5 Å². The first-order valence-electron chi connectivity index (χ1n) is 6.92. The summed E-state index contributed by atoms with van der Waals surface area (Å²) < 4.78 is 6.97. The van der Waals surface area contributed by atoms with E-state index in [1.54, 1.807) is 25.4 Å². The molecule has 0 amide bonds. The Balaban J connectivity index is 2.33. The monoisotopic (exact) mass is 309 g/mol. The number of nitrogens with two attached hydrogens (primary N) is 1. The minimum Gasteiger partial charge on any atom is -0.462 e. The van der Waals surface area contributed by atoms with Crippen molar-refractivity contribution in [2.45, 2.75) is 39.3 Å². The van der Waals surface area contributed by atoms with Gasteiger partial charge in [0, 0.05) is 12.1 Å². The van der Waals surface area contributed by atoms with E-state index < -0.39 is 5.97 Å². The zero-order chi connectivity index (χ0) is 15.6. The molecule has 2 rings (SSSR count). The average molecular weight is 310 g/mol. The molecule has 1 heterocycles. The van der Waals surface area contributed by atoms with Crippen molar-refractivity contribution in [1.82, 2.24) is 9.55 Å². The van der Waals surface area contributed by atoms with Crippen LogP contribution in [-0.2, 0) is 11.3 Å². The Bertz CT molecular complexity index is 659. The van der Waals surface area contributed by atoms with Crippen molar-refractivity contribution in [3.63, 3.8) is 0 Å². The molecule has 0 bridgehead atoms. The second-order valence-electron chi connectivity index (χ2n) is 5.72. The van der Waals surface area contributed by atoms with Crippen LogP contribution in [0, 0.1) is 0 Å². The first kappa shape index (κ1) is 15.8. The standard InChI is InChI=1S/C15H20ClN3O2/c1-4-21-14(20)10-7-12-13(8-11(10)16)19(9-18-12)6-5-15(2,3)17/h7-9H,4-6,17H2,1-3H3. The fourth-order valence-electron chi connectivity index (χ4n) is 2.03. The molecule has 1 aromatic heterocycles. The molecule has 0 saturated carbocycles.